The van der Waals surface area contributed by atoms with Crippen molar-refractivity contribution in [3.05, 3.63) is 0 Å². The Morgan fingerprint density at radius 3 is 2.56 bits per heavy atom. The molecule has 0 bridgehead atoms. The molecule has 3 N–H and O–H groups in total. The van der Waals surface area contributed by atoms with E-state index in [-0.39, 0.29) is 11.4 Å². The van der Waals surface area contributed by atoms with Gasteiger partial charge in [-0.05, 0) is 19.9 Å². The molecule has 0 aromatic carbocycles. The van der Waals surface area contributed by atoms with Gasteiger partial charge in [0, 0.05) is 32.1 Å². The molecule has 0 saturated heterocycles. The van der Waals surface area contributed by atoms with Crippen molar-refractivity contribution >= 4 is 5.91 Å². The number of nitrogens with two attached hydrogens (primary N) is 1. The van der Waals surface area contributed by atoms with E-state index >= 15 is 0 Å². The van der Waals surface area contributed by atoms with Gasteiger partial charge in [0.1, 0.15) is 0 Å². The smallest absolute Gasteiger partial charge is 0.224 e. The van der Waals surface area contributed by atoms with E-state index in [9.17, 15) is 4.79 Å². The first-order chi connectivity index (χ1) is 7.57. The molecule has 1 amide bonds. The summed E-state index contributed by atoms with van der Waals surface area (Å²) in [6.45, 7) is 1.59. The average Bonchev–Trinajstić information content (AvgIpc) is 2.26. The second-order valence-corrected chi connectivity index (χ2v) is 5.02. The molecule has 1 rings (SSSR count). The van der Waals surface area contributed by atoms with E-state index in [0.717, 1.165) is 25.9 Å². The van der Waals surface area contributed by atoms with Crippen molar-refractivity contribution in [2.45, 2.75) is 44.1 Å². The van der Waals surface area contributed by atoms with Gasteiger partial charge in [0.2, 0.25) is 5.91 Å². The average molecular weight is 227 g/mol. The van der Waals surface area contributed by atoms with Crippen LogP contribution in [-0.2, 0) is 4.79 Å². The number of amides is 1. The highest BCUT2D eigenvalue weighted by Gasteiger charge is 2.30. The van der Waals surface area contributed by atoms with Gasteiger partial charge in [0.25, 0.3) is 0 Å². The van der Waals surface area contributed by atoms with E-state index in [2.05, 4.69) is 5.32 Å². The number of hydrogen-bond donors (Lipinski definition) is 2. The zero-order valence-corrected chi connectivity index (χ0v) is 10.6. The molecule has 1 aliphatic rings. The fraction of sp³-hybridized carbons (Fsp3) is 0.917. The molecule has 94 valence electrons. The predicted molar refractivity (Wildman–Crippen MR) is 66.2 cm³/mol. The third-order valence-electron chi connectivity index (χ3n) is 3.48. The maximum atomic E-state index is 11.9. The van der Waals surface area contributed by atoms with Crippen LogP contribution in [0.5, 0.6) is 0 Å². The van der Waals surface area contributed by atoms with Crippen molar-refractivity contribution in [2.75, 3.05) is 27.2 Å². The second-order valence-electron chi connectivity index (χ2n) is 5.02. The second kappa shape index (κ2) is 6.21. The highest BCUT2D eigenvalue weighted by Crippen LogP contribution is 2.28. The van der Waals surface area contributed by atoms with Crippen LogP contribution < -0.4 is 11.1 Å². The summed E-state index contributed by atoms with van der Waals surface area (Å²) >= 11 is 0. The Bertz CT molecular complexity index is 224. The van der Waals surface area contributed by atoms with Gasteiger partial charge in [-0.3, -0.25) is 4.79 Å². The number of hydrogen-bond acceptors (Lipinski definition) is 3. The maximum Gasteiger partial charge on any atom is 0.224 e. The molecule has 1 aliphatic carbocycles. The zero-order valence-electron chi connectivity index (χ0n) is 10.6. The zero-order chi connectivity index (χ0) is 12.0. The molecule has 0 atom stereocenters. The first kappa shape index (κ1) is 13.5. The monoisotopic (exact) mass is 227 g/mol. The Balaban J connectivity index is 2.36. The summed E-state index contributed by atoms with van der Waals surface area (Å²) in [5.41, 5.74) is 6.03. The lowest BCUT2D eigenvalue weighted by atomic mass is 9.80. The molecule has 0 aromatic heterocycles. The molecule has 1 fully saturated rings. The summed E-state index contributed by atoms with van der Waals surface area (Å²) in [5.74, 6) is 0.180. The Kier molecular flexibility index (Phi) is 5.22. The molecule has 0 radical (unpaired) electrons. The summed E-state index contributed by atoms with van der Waals surface area (Å²) in [4.78, 5) is 13.7. The van der Waals surface area contributed by atoms with Crippen molar-refractivity contribution in [3.63, 3.8) is 0 Å². The lowest BCUT2D eigenvalue weighted by Crippen LogP contribution is -2.47. The summed E-state index contributed by atoms with van der Waals surface area (Å²) in [6.07, 6.45) is 6.11. The van der Waals surface area contributed by atoms with Crippen LogP contribution in [0.25, 0.3) is 0 Å². The van der Waals surface area contributed by atoms with Gasteiger partial charge in [-0.15, -0.1) is 0 Å². The van der Waals surface area contributed by atoms with E-state index in [4.69, 9.17) is 5.73 Å². The van der Waals surface area contributed by atoms with Crippen LogP contribution in [0.2, 0.25) is 0 Å². The van der Waals surface area contributed by atoms with Crippen molar-refractivity contribution in [1.29, 1.82) is 0 Å². The van der Waals surface area contributed by atoms with Crippen LogP contribution in [0.1, 0.15) is 38.5 Å². The topological polar surface area (TPSA) is 58.4 Å². The Labute approximate surface area is 98.6 Å². The number of nitrogens with zero attached hydrogens (tertiary/aromatic N) is 1. The number of nitrogens with one attached hydrogen (secondary N) is 1. The standard InChI is InChI=1S/C12H25N3O/c1-14-8-9-15(2)11(16)10-12(13)6-4-3-5-7-12/h14H,3-10,13H2,1-2H3. The van der Waals surface area contributed by atoms with Gasteiger partial charge in [-0.1, -0.05) is 19.3 Å². The van der Waals surface area contributed by atoms with Gasteiger partial charge >= 0.3 is 0 Å². The minimum atomic E-state index is -0.233. The van der Waals surface area contributed by atoms with E-state index in [0.29, 0.717) is 6.42 Å². The van der Waals surface area contributed by atoms with Crippen molar-refractivity contribution in [2.24, 2.45) is 5.73 Å². The van der Waals surface area contributed by atoms with E-state index < -0.39 is 0 Å². The predicted octanol–water partition coefficient (Wildman–Crippen LogP) is 0.716. The first-order valence-electron chi connectivity index (χ1n) is 6.25. The van der Waals surface area contributed by atoms with Crippen LogP contribution in [0.4, 0.5) is 0 Å². The highest BCUT2D eigenvalue weighted by molar-refractivity contribution is 5.77. The van der Waals surface area contributed by atoms with Gasteiger partial charge in [0.15, 0.2) is 0 Å². The van der Waals surface area contributed by atoms with Gasteiger partial charge in [-0.2, -0.15) is 0 Å². The molecule has 0 aliphatic heterocycles. The fourth-order valence-corrected chi connectivity index (χ4v) is 2.27. The highest BCUT2D eigenvalue weighted by atomic mass is 16.2. The van der Waals surface area contributed by atoms with Crippen LogP contribution in [0.3, 0.4) is 0 Å². The molecular formula is C12H25N3O. The van der Waals surface area contributed by atoms with Crippen molar-refractivity contribution < 1.29 is 4.79 Å². The molecule has 4 heteroatoms. The molecule has 0 unspecified atom stereocenters. The lowest BCUT2D eigenvalue weighted by molar-refractivity contribution is -0.131. The van der Waals surface area contributed by atoms with Gasteiger partial charge in [0.05, 0.1) is 0 Å². The van der Waals surface area contributed by atoms with Crippen molar-refractivity contribution in [1.82, 2.24) is 10.2 Å². The number of carbonyl (C=O) groups excluding carboxylic acids is 1. The fourth-order valence-electron chi connectivity index (χ4n) is 2.27. The first-order valence-corrected chi connectivity index (χ1v) is 6.25. The van der Waals surface area contributed by atoms with E-state index in [1.54, 1.807) is 4.90 Å². The summed E-state index contributed by atoms with van der Waals surface area (Å²) < 4.78 is 0. The molecule has 1 saturated carbocycles. The summed E-state index contributed by atoms with van der Waals surface area (Å²) in [6, 6.07) is 0. The minimum Gasteiger partial charge on any atom is -0.344 e. The third kappa shape index (κ3) is 4.10. The van der Waals surface area contributed by atoms with Crippen molar-refractivity contribution in [3.8, 4) is 0 Å². The molecule has 4 nitrogen and oxygen atoms in total. The summed E-state index contributed by atoms with van der Waals surface area (Å²) in [5, 5.41) is 3.04. The van der Waals surface area contributed by atoms with Crippen LogP contribution in [0, 0.1) is 0 Å². The molecule has 0 aromatic rings. The number of carbonyl (C=O) groups is 1. The third-order valence-corrected chi connectivity index (χ3v) is 3.48. The molecule has 16 heavy (non-hydrogen) atoms. The Morgan fingerprint density at radius 1 is 1.38 bits per heavy atom. The summed E-state index contributed by atoms with van der Waals surface area (Å²) in [7, 11) is 3.75. The molecule has 0 spiro atoms. The quantitative estimate of drug-likeness (QED) is 0.727. The van der Waals surface area contributed by atoms with E-state index in [1.807, 2.05) is 14.1 Å². The van der Waals surface area contributed by atoms with Crippen LogP contribution in [0.15, 0.2) is 0 Å². The Hall–Kier alpha value is -0.610. The number of rotatable bonds is 5. The SMILES string of the molecule is CNCCN(C)C(=O)CC1(N)CCCCC1. The lowest BCUT2D eigenvalue weighted by Gasteiger charge is -2.34. The van der Waals surface area contributed by atoms with Gasteiger partial charge in [-0.25, -0.2) is 0 Å². The van der Waals surface area contributed by atoms with Gasteiger partial charge < -0.3 is 16.0 Å². The van der Waals surface area contributed by atoms with Crippen LogP contribution in [-0.4, -0.2) is 43.5 Å². The van der Waals surface area contributed by atoms with E-state index in [1.165, 1.54) is 19.3 Å². The minimum absolute atomic E-state index is 0.180. The molecule has 0 heterocycles. The normalized spacial score (nSPS) is 19.4. The number of likely N-dealkylation sites (N-methyl/N-ethyl adjacent to an activating group) is 2. The largest absolute Gasteiger partial charge is 0.344 e. The maximum absolute atomic E-state index is 11.9. The molecular weight excluding hydrogens is 202 g/mol. The van der Waals surface area contributed by atoms with Crippen LogP contribution >= 0.6 is 0 Å². The Morgan fingerprint density at radius 2 is 2.00 bits per heavy atom.